The van der Waals surface area contributed by atoms with Crippen molar-refractivity contribution in [2.24, 2.45) is 0 Å². The van der Waals surface area contributed by atoms with Crippen LogP contribution in [0, 0.1) is 0 Å². The minimum Gasteiger partial charge on any atom is -0.456 e. The van der Waals surface area contributed by atoms with E-state index in [4.69, 9.17) is 8.83 Å². The smallest absolute Gasteiger partial charge is 0.136 e. The number of rotatable bonds is 5. The molecule has 230 valence electrons. The largest absolute Gasteiger partial charge is 0.456 e. The lowest BCUT2D eigenvalue weighted by atomic mass is 9.99. The molecule has 0 aliphatic carbocycles. The van der Waals surface area contributed by atoms with Gasteiger partial charge in [-0.2, -0.15) is 0 Å². The minimum absolute atomic E-state index is 0.842. The molecular formula is C46H29NO2. The summed E-state index contributed by atoms with van der Waals surface area (Å²) < 4.78 is 13.0. The zero-order valence-electron chi connectivity index (χ0n) is 26.5. The Hall–Kier alpha value is -6.58. The first-order valence-electron chi connectivity index (χ1n) is 16.6. The van der Waals surface area contributed by atoms with Crippen molar-refractivity contribution in [3.05, 3.63) is 176 Å². The third-order valence-electron chi connectivity index (χ3n) is 9.64. The highest BCUT2D eigenvalue weighted by Gasteiger charge is 2.19. The molecule has 0 spiro atoms. The van der Waals surface area contributed by atoms with E-state index >= 15 is 0 Å². The van der Waals surface area contributed by atoms with E-state index < -0.39 is 0 Å². The summed E-state index contributed by atoms with van der Waals surface area (Å²) in [5.74, 6) is 0. The molecule has 0 fully saturated rings. The number of nitrogens with zero attached hydrogens (tertiary/aromatic N) is 1. The molecule has 10 aromatic rings. The molecule has 0 aliphatic heterocycles. The summed E-state index contributed by atoms with van der Waals surface area (Å²) in [7, 11) is 0. The zero-order valence-corrected chi connectivity index (χ0v) is 26.5. The van der Waals surface area contributed by atoms with Crippen LogP contribution in [-0.4, -0.2) is 0 Å². The molecule has 49 heavy (non-hydrogen) atoms. The van der Waals surface area contributed by atoms with Crippen molar-refractivity contribution in [1.82, 2.24) is 0 Å². The van der Waals surface area contributed by atoms with E-state index in [1.165, 1.54) is 21.9 Å². The summed E-state index contributed by atoms with van der Waals surface area (Å²) in [6, 6.07) is 62.0. The van der Waals surface area contributed by atoms with Crippen molar-refractivity contribution in [1.29, 1.82) is 0 Å². The lowest BCUT2D eigenvalue weighted by molar-refractivity contribution is 0.664. The van der Waals surface area contributed by atoms with Crippen LogP contribution in [0.4, 0.5) is 17.1 Å². The normalized spacial score (nSPS) is 11.7. The molecule has 0 radical (unpaired) electrons. The van der Waals surface area contributed by atoms with Crippen molar-refractivity contribution in [2.45, 2.75) is 0 Å². The second-order valence-electron chi connectivity index (χ2n) is 12.6. The van der Waals surface area contributed by atoms with Gasteiger partial charge in [-0.15, -0.1) is 0 Å². The highest BCUT2D eigenvalue weighted by atomic mass is 16.3. The Bertz CT molecular complexity index is 2810. The molecule has 2 heterocycles. The van der Waals surface area contributed by atoms with E-state index in [1.54, 1.807) is 0 Å². The number of anilines is 3. The second kappa shape index (κ2) is 11.0. The summed E-state index contributed by atoms with van der Waals surface area (Å²) in [6.45, 7) is 0. The first-order chi connectivity index (χ1) is 24.3. The maximum Gasteiger partial charge on any atom is 0.136 e. The highest BCUT2D eigenvalue weighted by Crippen LogP contribution is 2.43. The fraction of sp³-hybridized carbons (Fsp3) is 0. The molecule has 0 atom stereocenters. The number of furan rings is 2. The van der Waals surface area contributed by atoms with Crippen molar-refractivity contribution >= 4 is 71.7 Å². The fourth-order valence-electron chi connectivity index (χ4n) is 7.28. The highest BCUT2D eigenvalue weighted by molar-refractivity contribution is 6.18. The fourth-order valence-corrected chi connectivity index (χ4v) is 7.28. The van der Waals surface area contributed by atoms with Crippen molar-refractivity contribution < 1.29 is 8.83 Å². The van der Waals surface area contributed by atoms with E-state index in [9.17, 15) is 0 Å². The van der Waals surface area contributed by atoms with Gasteiger partial charge in [-0.05, 0) is 93.7 Å². The number of benzene rings is 8. The van der Waals surface area contributed by atoms with Crippen molar-refractivity contribution in [3.8, 4) is 22.3 Å². The van der Waals surface area contributed by atoms with Gasteiger partial charge in [-0.1, -0.05) is 115 Å². The van der Waals surface area contributed by atoms with Crippen molar-refractivity contribution in [2.75, 3.05) is 4.90 Å². The topological polar surface area (TPSA) is 29.5 Å². The van der Waals surface area contributed by atoms with Crippen LogP contribution in [0.15, 0.2) is 185 Å². The Kier molecular flexibility index (Phi) is 6.18. The number of hydrogen-bond donors (Lipinski definition) is 0. The second-order valence-corrected chi connectivity index (χ2v) is 12.6. The van der Waals surface area contributed by atoms with Gasteiger partial charge in [-0.25, -0.2) is 0 Å². The lowest BCUT2D eigenvalue weighted by Gasteiger charge is -2.26. The molecule has 3 heteroatoms. The van der Waals surface area contributed by atoms with Crippen LogP contribution in [-0.2, 0) is 0 Å². The van der Waals surface area contributed by atoms with Crippen LogP contribution in [0.2, 0.25) is 0 Å². The van der Waals surface area contributed by atoms with E-state index in [1.807, 2.05) is 12.1 Å². The van der Waals surface area contributed by atoms with Crippen LogP contribution < -0.4 is 4.90 Å². The molecule has 0 aliphatic rings. The summed E-state index contributed by atoms with van der Waals surface area (Å²) in [5.41, 5.74) is 11.3. The van der Waals surface area contributed by atoms with Gasteiger partial charge < -0.3 is 13.7 Å². The van der Waals surface area contributed by atoms with E-state index in [0.29, 0.717) is 0 Å². The average Bonchev–Trinajstić information content (AvgIpc) is 3.72. The molecule has 0 bridgehead atoms. The number of fused-ring (bicyclic) bond motifs is 7. The molecule has 10 rings (SSSR count). The predicted octanol–water partition coefficient (Wildman–Crippen LogP) is 13.4. The summed E-state index contributed by atoms with van der Waals surface area (Å²) in [4.78, 5) is 2.32. The number of hydrogen-bond acceptors (Lipinski definition) is 3. The molecule has 3 nitrogen and oxygen atoms in total. The Morgan fingerprint density at radius 1 is 0.327 bits per heavy atom. The lowest BCUT2D eigenvalue weighted by Crippen LogP contribution is -2.09. The predicted molar refractivity (Wildman–Crippen MR) is 204 cm³/mol. The summed E-state index contributed by atoms with van der Waals surface area (Å²) in [6.07, 6.45) is 0. The van der Waals surface area contributed by atoms with Crippen LogP contribution >= 0.6 is 0 Å². The molecule has 8 aromatic carbocycles. The van der Waals surface area contributed by atoms with Crippen LogP contribution in [0.1, 0.15) is 0 Å². The zero-order chi connectivity index (χ0) is 32.3. The van der Waals surface area contributed by atoms with Gasteiger partial charge in [0.2, 0.25) is 0 Å². The maximum atomic E-state index is 6.53. The molecule has 0 saturated carbocycles. The third-order valence-corrected chi connectivity index (χ3v) is 9.64. The van der Waals surface area contributed by atoms with E-state index in [2.05, 4.69) is 169 Å². The van der Waals surface area contributed by atoms with Crippen LogP contribution in [0.5, 0.6) is 0 Å². The molecule has 0 unspecified atom stereocenters. The van der Waals surface area contributed by atoms with Gasteiger partial charge in [0.05, 0.1) is 0 Å². The maximum absolute atomic E-state index is 6.53. The molecular weight excluding hydrogens is 599 g/mol. The Labute approximate surface area is 282 Å². The van der Waals surface area contributed by atoms with Gasteiger partial charge in [-0.3, -0.25) is 0 Å². The van der Waals surface area contributed by atoms with E-state index in [-0.39, 0.29) is 0 Å². The van der Waals surface area contributed by atoms with Gasteiger partial charge in [0.25, 0.3) is 0 Å². The van der Waals surface area contributed by atoms with Crippen LogP contribution in [0.3, 0.4) is 0 Å². The van der Waals surface area contributed by atoms with E-state index in [0.717, 1.165) is 72.1 Å². The molecule has 0 amide bonds. The Morgan fingerprint density at radius 2 is 0.918 bits per heavy atom. The summed E-state index contributed by atoms with van der Waals surface area (Å²) in [5, 5.41) is 6.65. The monoisotopic (exact) mass is 627 g/mol. The third kappa shape index (κ3) is 4.59. The Morgan fingerprint density at radius 3 is 1.73 bits per heavy atom. The minimum atomic E-state index is 0.842. The first-order valence-corrected chi connectivity index (χ1v) is 16.6. The van der Waals surface area contributed by atoms with Gasteiger partial charge in [0, 0.05) is 38.6 Å². The standard InChI is InChI=1S/C46H29NO2/c1-3-10-30(11-4-1)32-18-21-35(22-19-32)47(36-23-20-31-12-7-8-15-34(31)26-36)37-24-25-42-39(27-37)40-28-45-41(29-44(40)48-42)46-38(16-9-17-43(46)49-45)33-13-5-2-6-14-33/h1-29H. The first kappa shape index (κ1) is 27.5. The van der Waals surface area contributed by atoms with Gasteiger partial charge >= 0.3 is 0 Å². The Balaban J connectivity index is 1.15. The molecule has 0 saturated heterocycles. The van der Waals surface area contributed by atoms with Gasteiger partial charge in [0.15, 0.2) is 0 Å². The summed E-state index contributed by atoms with van der Waals surface area (Å²) >= 11 is 0. The quantitative estimate of drug-likeness (QED) is 0.190. The van der Waals surface area contributed by atoms with Crippen molar-refractivity contribution in [3.63, 3.8) is 0 Å². The van der Waals surface area contributed by atoms with Crippen LogP contribution in [0.25, 0.3) is 76.9 Å². The SMILES string of the molecule is c1ccc(-c2ccc(N(c3ccc4ccccc4c3)c3ccc4oc5cc6c(cc5c4c3)oc3cccc(-c4ccccc4)c36)cc2)cc1. The molecule has 2 aromatic heterocycles. The van der Waals surface area contributed by atoms with Gasteiger partial charge in [0.1, 0.15) is 22.3 Å². The average molecular weight is 628 g/mol. The molecule has 0 N–H and O–H groups in total.